The van der Waals surface area contributed by atoms with Crippen molar-refractivity contribution in [2.24, 2.45) is 0 Å². The van der Waals surface area contributed by atoms with Gasteiger partial charge in [0, 0.05) is 23.4 Å². The van der Waals surface area contributed by atoms with Crippen molar-refractivity contribution in [1.82, 2.24) is 0 Å². The molecule has 0 saturated carbocycles. The smallest absolute Gasteiger partial charge is 0.193 e. The average molecular weight is 273 g/mol. The molecule has 0 fully saturated rings. The van der Waals surface area contributed by atoms with Crippen LogP contribution in [0, 0.1) is 0 Å². The summed E-state index contributed by atoms with van der Waals surface area (Å²) < 4.78 is 0. The van der Waals surface area contributed by atoms with Crippen LogP contribution in [0.15, 0.2) is 60.7 Å². The molecule has 3 aromatic carbocycles. The molecule has 3 aromatic rings. The summed E-state index contributed by atoms with van der Waals surface area (Å²) in [7, 11) is 0. The van der Waals surface area contributed by atoms with Crippen molar-refractivity contribution in [3.8, 4) is 0 Å². The molecule has 0 bridgehead atoms. The molecule has 4 rings (SSSR count). The van der Waals surface area contributed by atoms with E-state index in [9.17, 15) is 4.79 Å². The van der Waals surface area contributed by atoms with Crippen molar-refractivity contribution in [2.45, 2.75) is 6.42 Å². The van der Waals surface area contributed by atoms with Crippen LogP contribution >= 0.6 is 0 Å². The molecule has 1 heterocycles. The minimum Gasteiger partial charge on any atom is -0.384 e. The van der Waals surface area contributed by atoms with Gasteiger partial charge in [-0.15, -0.1) is 0 Å². The maximum atomic E-state index is 12.7. The zero-order valence-electron chi connectivity index (χ0n) is 11.6. The highest BCUT2D eigenvalue weighted by atomic mass is 16.1. The number of carbonyl (C=O) groups excluding carboxylic acids is 1. The van der Waals surface area contributed by atoms with E-state index in [4.69, 9.17) is 0 Å². The zero-order valence-corrected chi connectivity index (χ0v) is 11.6. The predicted octanol–water partition coefficient (Wildman–Crippen LogP) is 4.04. The molecule has 0 radical (unpaired) electrons. The van der Waals surface area contributed by atoms with Crippen molar-refractivity contribution in [3.63, 3.8) is 0 Å². The van der Waals surface area contributed by atoms with Crippen molar-refractivity contribution >= 4 is 22.2 Å². The topological polar surface area (TPSA) is 29.1 Å². The fourth-order valence-electron chi connectivity index (χ4n) is 2.94. The van der Waals surface area contributed by atoms with Gasteiger partial charge in [0.05, 0.1) is 0 Å². The van der Waals surface area contributed by atoms with Gasteiger partial charge in [0.1, 0.15) is 0 Å². The molecule has 0 atom stereocenters. The van der Waals surface area contributed by atoms with Crippen LogP contribution in [-0.2, 0) is 6.42 Å². The van der Waals surface area contributed by atoms with Gasteiger partial charge in [-0.1, -0.05) is 36.4 Å². The fourth-order valence-corrected chi connectivity index (χ4v) is 2.94. The molecule has 2 nitrogen and oxygen atoms in total. The number of rotatable bonds is 2. The first kappa shape index (κ1) is 12.2. The molecular weight excluding hydrogens is 258 g/mol. The third-order valence-corrected chi connectivity index (χ3v) is 4.09. The molecule has 0 unspecified atom stereocenters. The highest BCUT2D eigenvalue weighted by molar-refractivity contribution is 6.11. The SMILES string of the molecule is O=C(c1ccc2c(c1)CCN2)c1ccc2ccccc2c1. The number of hydrogen-bond donors (Lipinski definition) is 1. The van der Waals surface area contributed by atoms with Crippen LogP contribution in [0.1, 0.15) is 21.5 Å². The third-order valence-electron chi connectivity index (χ3n) is 4.09. The zero-order chi connectivity index (χ0) is 14.2. The Hall–Kier alpha value is -2.61. The lowest BCUT2D eigenvalue weighted by molar-refractivity contribution is 0.103. The maximum Gasteiger partial charge on any atom is 0.193 e. The first-order valence-electron chi connectivity index (χ1n) is 7.21. The number of fused-ring (bicyclic) bond motifs is 2. The van der Waals surface area contributed by atoms with Crippen molar-refractivity contribution in [3.05, 3.63) is 77.4 Å². The number of nitrogens with one attached hydrogen (secondary N) is 1. The van der Waals surface area contributed by atoms with Crippen LogP contribution < -0.4 is 5.32 Å². The average Bonchev–Trinajstić information content (AvgIpc) is 3.01. The molecule has 1 aliphatic rings. The minimum absolute atomic E-state index is 0.0930. The summed E-state index contributed by atoms with van der Waals surface area (Å²) in [6.45, 7) is 0.961. The van der Waals surface area contributed by atoms with Gasteiger partial charge in [0.25, 0.3) is 0 Å². The molecule has 0 amide bonds. The lowest BCUT2D eigenvalue weighted by Crippen LogP contribution is -2.01. The Morgan fingerprint density at radius 3 is 2.52 bits per heavy atom. The molecule has 0 aliphatic carbocycles. The van der Waals surface area contributed by atoms with Crippen LogP contribution in [0.25, 0.3) is 10.8 Å². The van der Waals surface area contributed by atoms with Gasteiger partial charge in [-0.3, -0.25) is 4.79 Å². The maximum absolute atomic E-state index is 12.7. The van der Waals surface area contributed by atoms with E-state index in [-0.39, 0.29) is 5.78 Å². The van der Waals surface area contributed by atoms with Crippen LogP contribution in [0.4, 0.5) is 5.69 Å². The number of carbonyl (C=O) groups is 1. The van der Waals surface area contributed by atoms with E-state index in [0.717, 1.165) is 40.6 Å². The van der Waals surface area contributed by atoms with E-state index in [1.807, 2.05) is 54.6 Å². The number of hydrogen-bond acceptors (Lipinski definition) is 2. The van der Waals surface area contributed by atoms with Gasteiger partial charge in [-0.25, -0.2) is 0 Å². The third kappa shape index (κ3) is 2.09. The van der Waals surface area contributed by atoms with Crippen molar-refractivity contribution < 1.29 is 4.79 Å². The normalized spacial score (nSPS) is 13.0. The van der Waals surface area contributed by atoms with Gasteiger partial charge in [-0.2, -0.15) is 0 Å². The van der Waals surface area contributed by atoms with Crippen LogP contribution in [0.3, 0.4) is 0 Å². The van der Waals surface area contributed by atoms with E-state index in [1.165, 1.54) is 5.56 Å². The Kier molecular flexibility index (Phi) is 2.74. The first-order chi connectivity index (χ1) is 10.3. The van der Waals surface area contributed by atoms with Gasteiger partial charge in [0.15, 0.2) is 5.78 Å². The first-order valence-corrected chi connectivity index (χ1v) is 7.21. The van der Waals surface area contributed by atoms with E-state index >= 15 is 0 Å². The lowest BCUT2D eigenvalue weighted by Gasteiger charge is -2.06. The Morgan fingerprint density at radius 1 is 0.857 bits per heavy atom. The largest absolute Gasteiger partial charge is 0.384 e. The standard InChI is InChI=1S/C19H15NO/c21-19(17-7-8-18-15(12-17)9-10-20-18)16-6-5-13-3-1-2-4-14(13)11-16/h1-8,11-12,20H,9-10H2. The van der Waals surface area contributed by atoms with E-state index in [2.05, 4.69) is 11.4 Å². The molecule has 1 N–H and O–H groups in total. The molecular formula is C19H15NO. The molecule has 102 valence electrons. The molecule has 21 heavy (non-hydrogen) atoms. The summed E-state index contributed by atoms with van der Waals surface area (Å²) in [6.07, 6.45) is 0.994. The monoisotopic (exact) mass is 273 g/mol. The fraction of sp³-hybridized carbons (Fsp3) is 0.105. The molecule has 0 saturated heterocycles. The summed E-state index contributed by atoms with van der Waals surface area (Å²) in [5, 5.41) is 5.58. The highest BCUT2D eigenvalue weighted by Gasteiger charge is 2.15. The summed E-state index contributed by atoms with van der Waals surface area (Å²) in [4.78, 5) is 12.7. The highest BCUT2D eigenvalue weighted by Crippen LogP contribution is 2.25. The quantitative estimate of drug-likeness (QED) is 0.714. The summed E-state index contributed by atoms with van der Waals surface area (Å²) in [5.41, 5.74) is 3.92. The Labute approximate surface area is 123 Å². The number of benzene rings is 3. The van der Waals surface area contributed by atoms with E-state index in [1.54, 1.807) is 0 Å². The van der Waals surface area contributed by atoms with Crippen LogP contribution in [-0.4, -0.2) is 12.3 Å². The Bertz CT molecular complexity index is 851. The summed E-state index contributed by atoms with van der Waals surface area (Å²) in [5.74, 6) is 0.0930. The second kappa shape index (κ2) is 4.74. The van der Waals surface area contributed by atoms with Gasteiger partial charge < -0.3 is 5.32 Å². The molecule has 0 spiro atoms. The molecule has 1 aliphatic heterocycles. The minimum atomic E-state index is 0.0930. The van der Waals surface area contributed by atoms with Crippen LogP contribution in [0.5, 0.6) is 0 Å². The van der Waals surface area contributed by atoms with Crippen molar-refractivity contribution in [2.75, 3.05) is 11.9 Å². The number of anilines is 1. The van der Waals surface area contributed by atoms with Gasteiger partial charge in [0.2, 0.25) is 0 Å². The summed E-state index contributed by atoms with van der Waals surface area (Å²) >= 11 is 0. The Morgan fingerprint density at radius 2 is 1.62 bits per heavy atom. The van der Waals surface area contributed by atoms with E-state index in [0.29, 0.717) is 0 Å². The molecule has 2 heteroatoms. The lowest BCUT2D eigenvalue weighted by atomic mass is 9.98. The van der Waals surface area contributed by atoms with Crippen molar-refractivity contribution in [1.29, 1.82) is 0 Å². The van der Waals surface area contributed by atoms with E-state index < -0.39 is 0 Å². The second-order valence-corrected chi connectivity index (χ2v) is 5.44. The second-order valence-electron chi connectivity index (χ2n) is 5.44. The van der Waals surface area contributed by atoms with Crippen LogP contribution in [0.2, 0.25) is 0 Å². The van der Waals surface area contributed by atoms with Gasteiger partial charge >= 0.3 is 0 Å². The van der Waals surface area contributed by atoms with Gasteiger partial charge in [-0.05, 0) is 47.0 Å². The summed E-state index contributed by atoms with van der Waals surface area (Å²) in [6, 6.07) is 20.0. The number of ketones is 1. The Balaban J connectivity index is 1.75. The predicted molar refractivity (Wildman–Crippen MR) is 86.0 cm³/mol. The molecule has 0 aromatic heterocycles.